The smallest absolute Gasteiger partial charge is 0.249 e. The number of nitrogens with zero attached hydrogens (tertiary/aromatic N) is 2. The van der Waals surface area contributed by atoms with Crippen LogP contribution in [0, 0.1) is 0 Å². The van der Waals surface area contributed by atoms with Crippen LogP contribution in [0.1, 0.15) is 12.3 Å². The van der Waals surface area contributed by atoms with Gasteiger partial charge in [0.05, 0.1) is 6.61 Å². The molecule has 1 aromatic carbocycles. The second-order valence-corrected chi connectivity index (χ2v) is 4.59. The summed E-state index contributed by atoms with van der Waals surface area (Å²) >= 11 is 0. The third-order valence-electron chi connectivity index (χ3n) is 3.14. The minimum absolute atomic E-state index is 0.202. The molecule has 1 atom stereocenters. The van der Waals surface area contributed by atoms with Gasteiger partial charge in [0, 0.05) is 12.2 Å². The summed E-state index contributed by atoms with van der Waals surface area (Å²) in [7, 11) is 0. The van der Waals surface area contributed by atoms with Gasteiger partial charge in [0.2, 0.25) is 11.7 Å². The second kappa shape index (κ2) is 4.22. The number of hydrogen-bond acceptors (Lipinski definition) is 7. The zero-order valence-electron chi connectivity index (χ0n) is 10.0. The fourth-order valence-electron chi connectivity index (χ4n) is 1.95. The lowest BCUT2D eigenvalue weighted by Crippen LogP contribution is -2.37. The lowest BCUT2D eigenvalue weighted by Gasteiger charge is -2.14. The molecule has 0 amide bonds. The van der Waals surface area contributed by atoms with Gasteiger partial charge in [0.1, 0.15) is 5.54 Å². The summed E-state index contributed by atoms with van der Waals surface area (Å²) in [6.45, 7) is 0.906. The second-order valence-electron chi connectivity index (χ2n) is 4.59. The van der Waals surface area contributed by atoms with E-state index in [2.05, 4.69) is 10.1 Å². The molecule has 19 heavy (non-hydrogen) atoms. The first-order valence-corrected chi connectivity index (χ1v) is 5.82. The molecule has 2 heterocycles. The third-order valence-corrected chi connectivity index (χ3v) is 3.14. The van der Waals surface area contributed by atoms with E-state index in [1.54, 1.807) is 6.07 Å². The van der Waals surface area contributed by atoms with E-state index >= 15 is 0 Å². The lowest BCUT2D eigenvalue weighted by molar-refractivity contribution is 0.166. The summed E-state index contributed by atoms with van der Waals surface area (Å²) in [5, 5.41) is 22.5. The lowest BCUT2D eigenvalue weighted by atomic mass is 10.0. The predicted molar refractivity (Wildman–Crippen MR) is 64.4 cm³/mol. The van der Waals surface area contributed by atoms with Crippen LogP contribution in [0.4, 0.5) is 0 Å². The van der Waals surface area contributed by atoms with Gasteiger partial charge in [-0.2, -0.15) is 4.98 Å². The van der Waals surface area contributed by atoms with E-state index in [1.165, 1.54) is 12.1 Å². The van der Waals surface area contributed by atoms with Crippen molar-refractivity contribution >= 4 is 0 Å². The van der Waals surface area contributed by atoms with E-state index < -0.39 is 5.54 Å². The minimum atomic E-state index is -0.746. The molecule has 1 aliphatic heterocycles. The van der Waals surface area contributed by atoms with Crippen LogP contribution in [0.25, 0.3) is 11.4 Å². The largest absolute Gasteiger partial charge is 0.504 e. The molecule has 1 aromatic heterocycles. The minimum Gasteiger partial charge on any atom is -0.504 e. The standard InChI is InChI=1S/C12H13N3O4/c13-12(3-4-18-6-12)11-14-10(15-19-11)7-1-2-8(16)9(17)5-7/h1-2,5,16-17H,3-4,6,13H2. The molecule has 1 unspecified atom stereocenters. The molecular formula is C12H13N3O4. The number of aromatic nitrogens is 2. The highest BCUT2D eigenvalue weighted by Crippen LogP contribution is 2.31. The van der Waals surface area contributed by atoms with Crippen molar-refractivity contribution in [1.29, 1.82) is 0 Å². The highest BCUT2D eigenvalue weighted by Gasteiger charge is 2.38. The predicted octanol–water partition coefficient (Wildman–Crippen LogP) is 0.722. The van der Waals surface area contributed by atoms with Crippen molar-refractivity contribution in [3.05, 3.63) is 24.1 Å². The molecular weight excluding hydrogens is 250 g/mol. The molecule has 3 rings (SSSR count). The van der Waals surface area contributed by atoms with Gasteiger partial charge in [-0.25, -0.2) is 0 Å². The number of phenols is 2. The highest BCUT2D eigenvalue weighted by molar-refractivity contribution is 5.60. The van der Waals surface area contributed by atoms with Crippen LogP contribution >= 0.6 is 0 Å². The summed E-state index contributed by atoms with van der Waals surface area (Å²) in [6.07, 6.45) is 0.620. The van der Waals surface area contributed by atoms with Crippen molar-refractivity contribution in [1.82, 2.24) is 10.1 Å². The number of aromatic hydroxyl groups is 2. The maximum Gasteiger partial charge on any atom is 0.249 e. The molecule has 0 spiro atoms. The van der Waals surface area contributed by atoms with Crippen molar-refractivity contribution in [3.63, 3.8) is 0 Å². The Morgan fingerprint density at radius 3 is 2.79 bits per heavy atom. The molecule has 0 aliphatic carbocycles. The van der Waals surface area contributed by atoms with Crippen LogP contribution in [0.5, 0.6) is 11.5 Å². The molecule has 2 aromatic rings. The van der Waals surface area contributed by atoms with E-state index in [1.807, 2.05) is 0 Å². The maximum absolute atomic E-state index is 9.45. The molecule has 1 fully saturated rings. The molecule has 0 bridgehead atoms. The third kappa shape index (κ3) is 2.02. The monoisotopic (exact) mass is 263 g/mol. The van der Waals surface area contributed by atoms with Crippen molar-refractivity contribution in [2.45, 2.75) is 12.0 Å². The van der Waals surface area contributed by atoms with Gasteiger partial charge in [-0.3, -0.25) is 0 Å². The average Bonchev–Trinajstić information content (AvgIpc) is 3.02. The van der Waals surface area contributed by atoms with Crippen molar-refractivity contribution in [3.8, 4) is 22.9 Å². The van der Waals surface area contributed by atoms with E-state index in [-0.39, 0.29) is 11.5 Å². The number of rotatable bonds is 2. The summed E-state index contributed by atoms with van der Waals surface area (Å²) in [5.41, 5.74) is 5.90. The van der Waals surface area contributed by atoms with Crippen LogP contribution in [-0.4, -0.2) is 33.6 Å². The molecule has 1 aliphatic rings. The Morgan fingerprint density at radius 1 is 1.26 bits per heavy atom. The Balaban J connectivity index is 1.94. The first-order chi connectivity index (χ1) is 9.08. The molecule has 0 radical (unpaired) electrons. The fourth-order valence-corrected chi connectivity index (χ4v) is 1.95. The molecule has 100 valence electrons. The van der Waals surface area contributed by atoms with E-state index in [9.17, 15) is 10.2 Å². The van der Waals surface area contributed by atoms with Crippen LogP contribution < -0.4 is 5.73 Å². The number of phenolic OH excluding ortho intramolecular Hbond substituents is 2. The molecule has 7 nitrogen and oxygen atoms in total. The van der Waals surface area contributed by atoms with Gasteiger partial charge in [0.25, 0.3) is 0 Å². The van der Waals surface area contributed by atoms with Gasteiger partial charge >= 0.3 is 0 Å². The number of benzene rings is 1. The first kappa shape index (κ1) is 11.9. The Hall–Kier alpha value is -2.12. The van der Waals surface area contributed by atoms with E-state index in [0.717, 1.165) is 0 Å². The van der Waals surface area contributed by atoms with Crippen molar-refractivity contribution in [2.75, 3.05) is 13.2 Å². The topological polar surface area (TPSA) is 115 Å². The van der Waals surface area contributed by atoms with Gasteiger partial charge < -0.3 is 25.2 Å². The van der Waals surface area contributed by atoms with E-state index in [4.69, 9.17) is 15.0 Å². The molecule has 4 N–H and O–H groups in total. The highest BCUT2D eigenvalue weighted by atomic mass is 16.5. The summed E-state index contributed by atoms with van der Waals surface area (Å²) in [6, 6.07) is 4.30. The Labute approximate surface area is 108 Å². The normalized spacial score (nSPS) is 22.8. The number of nitrogens with two attached hydrogens (primary N) is 1. The van der Waals surface area contributed by atoms with Crippen molar-refractivity contribution in [2.24, 2.45) is 5.73 Å². The van der Waals surface area contributed by atoms with Gasteiger partial charge in [-0.15, -0.1) is 0 Å². The summed E-state index contributed by atoms with van der Waals surface area (Å²) < 4.78 is 10.4. The Kier molecular flexibility index (Phi) is 2.65. The molecule has 7 heteroatoms. The fraction of sp³-hybridized carbons (Fsp3) is 0.333. The average molecular weight is 263 g/mol. The first-order valence-electron chi connectivity index (χ1n) is 5.82. The van der Waals surface area contributed by atoms with Crippen LogP contribution in [0.3, 0.4) is 0 Å². The Bertz CT molecular complexity index is 605. The molecule has 0 saturated carbocycles. The maximum atomic E-state index is 9.45. The zero-order valence-corrected chi connectivity index (χ0v) is 10.0. The van der Waals surface area contributed by atoms with Crippen LogP contribution in [-0.2, 0) is 10.3 Å². The Morgan fingerprint density at radius 2 is 2.11 bits per heavy atom. The van der Waals surface area contributed by atoms with Gasteiger partial charge in [-0.05, 0) is 24.6 Å². The van der Waals surface area contributed by atoms with Crippen molar-refractivity contribution < 1.29 is 19.5 Å². The summed E-state index contributed by atoms with van der Waals surface area (Å²) in [4.78, 5) is 4.23. The molecule has 1 saturated heterocycles. The van der Waals surface area contributed by atoms with Gasteiger partial charge in [0.15, 0.2) is 11.5 Å². The van der Waals surface area contributed by atoms with Crippen LogP contribution in [0.15, 0.2) is 22.7 Å². The number of ether oxygens (including phenoxy) is 1. The van der Waals surface area contributed by atoms with Crippen LogP contribution in [0.2, 0.25) is 0 Å². The number of hydrogen-bond donors (Lipinski definition) is 3. The summed E-state index contributed by atoms with van der Waals surface area (Å²) in [5.74, 6) is 0.178. The quantitative estimate of drug-likeness (QED) is 0.684. The van der Waals surface area contributed by atoms with E-state index in [0.29, 0.717) is 36.9 Å². The SMILES string of the molecule is NC1(c2nc(-c3ccc(O)c(O)c3)no2)CCOC1. The zero-order chi connectivity index (χ0) is 13.5. The van der Waals surface area contributed by atoms with Gasteiger partial charge in [-0.1, -0.05) is 5.16 Å².